The van der Waals surface area contributed by atoms with Crippen LogP contribution < -0.4 is 21.1 Å². The lowest BCUT2D eigenvalue weighted by Gasteiger charge is -2.27. The van der Waals surface area contributed by atoms with Crippen LogP contribution in [0.5, 0.6) is 5.75 Å². The van der Waals surface area contributed by atoms with Crippen LogP contribution in [0.3, 0.4) is 0 Å². The number of ether oxygens (including phenoxy) is 1. The van der Waals surface area contributed by atoms with E-state index in [1.54, 1.807) is 0 Å². The van der Waals surface area contributed by atoms with Crippen molar-refractivity contribution in [3.63, 3.8) is 0 Å². The molecule has 0 aliphatic heterocycles. The molecule has 6 nitrogen and oxygen atoms in total. The number of hydrogen-bond donors (Lipinski definition) is 3. The normalized spacial score (nSPS) is 14.9. The molecule has 0 saturated heterocycles. The van der Waals surface area contributed by atoms with Gasteiger partial charge in [0, 0.05) is 12.1 Å². The van der Waals surface area contributed by atoms with E-state index in [-0.39, 0.29) is 36.7 Å². The van der Waals surface area contributed by atoms with Crippen molar-refractivity contribution >= 4 is 24.2 Å². The molecule has 2 amide bonds. The van der Waals surface area contributed by atoms with Gasteiger partial charge in [0.05, 0.1) is 18.7 Å². The molecule has 1 aromatic carbocycles. The van der Waals surface area contributed by atoms with Crippen molar-refractivity contribution < 1.29 is 14.3 Å². The van der Waals surface area contributed by atoms with Crippen LogP contribution in [-0.4, -0.2) is 30.5 Å². The van der Waals surface area contributed by atoms with E-state index in [1.807, 2.05) is 38.1 Å². The zero-order valence-electron chi connectivity index (χ0n) is 14.8. The number of carbonyl (C=O) groups excluding carboxylic acids is 2. The highest BCUT2D eigenvalue weighted by Gasteiger charge is 2.20. The maximum atomic E-state index is 11.9. The summed E-state index contributed by atoms with van der Waals surface area (Å²) in [7, 11) is 0. The van der Waals surface area contributed by atoms with Crippen LogP contribution in [0.4, 0.5) is 0 Å². The third-order valence-electron chi connectivity index (χ3n) is 4.24. The van der Waals surface area contributed by atoms with E-state index < -0.39 is 6.04 Å². The average molecular weight is 370 g/mol. The smallest absolute Gasteiger partial charge is 0.239 e. The van der Waals surface area contributed by atoms with E-state index in [1.165, 1.54) is 6.42 Å². The summed E-state index contributed by atoms with van der Waals surface area (Å²) in [5.74, 6) is 0.281. The van der Waals surface area contributed by atoms with Crippen LogP contribution in [-0.2, 0) is 16.1 Å². The number of benzene rings is 1. The Labute approximate surface area is 155 Å². The van der Waals surface area contributed by atoms with E-state index >= 15 is 0 Å². The molecule has 0 unspecified atom stereocenters. The minimum absolute atomic E-state index is 0. The number of carbonyl (C=O) groups is 2. The van der Waals surface area contributed by atoms with Crippen LogP contribution in [0.25, 0.3) is 0 Å². The van der Waals surface area contributed by atoms with Crippen molar-refractivity contribution in [3.05, 3.63) is 29.8 Å². The van der Waals surface area contributed by atoms with Crippen molar-refractivity contribution in [1.82, 2.24) is 10.6 Å². The molecule has 0 bridgehead atoms. The molecule has 4 N–H and O–H groups in total. The Hall–Kier alpha value is -1.79. The Balaban J connectivity index is 0.00000312. The molecule has 0 radical (unpaired) electrons. The number of nitrogens with two attached hydrogens (primary N) is 1. The number of para-hydroxylation sites is 1. The first-order valence-corrected chi connectivity index (χ1v) is 8.52. The lowest BCUT2D eigenvalue weighted by molar-refractivity contribution is -0.127. The molecule has 1 aliphatic rings. The van der Waals surface area contributed by atoms with Gasteiger partial charge in [0.1, 0.15) is 5.75 Å². The quantitative estimate of drug-likeness (QED) is 0.650. The van der Waals surface area contributed by atoms with Crippen LogP contribution in [0.2, 0.25) is 0 Å². The second kappa shape index (κ2) is 10.3. The summed E-state index contributed by atoms with van der Waals surface area (Å²) in [6, 6.07) is 7.09. The Morgan fingerprint density at radius 1 is 1.24 bits per heavy atom. The third-order valence-corrected chi connectivity index (χ3v) is 4.24. The predicted molar refractivity (Wildman–Crippen MR) is 99.6 cm³/mol. The minimum atomic E-state index is -0.602. The van der Waals surface area contributed by atoms with Gasteiger partial charge in [0.25, 0.3) is 0 Å². The van der Waals surface area contributed by atoms with Gasteiger partial charge in [0.2, 0.25) is 11.8 Å². The molecular weight excluding hydrogens is 342 g/mol. The van der Waals surface area contributed by atoms with E-state index in [9.17, 15) is 9.59 Å². The molecule has 0 heterocycles. The standard InChI is InChI=1S/C18H27N3O3.ClH/c1-12(2)17(19)18(23)21-11-16(22)20-10-13-6-3-4-9-15(13)24-14-7-5-8-14;/h3-4,6,9,12,14,17H,5,7-8,10-11,19H2,1-2H3,(H,20,22)(H,21,23);1H/t17-;/m0./s1. The zero-order chi connectivity index (χ0) is 17.5. The molecule has 1 aliphatic carbocycles. The lowest BCUT2D eigenvalue weighted by Crippen LogP contribution is -2.47. The average Bonchev–Trinajstić information content (AvgIpc) is 2.53. The largest absolute Gasteiger partial charge is 0.490 e. The van der Waals surface area contributed by atoms with E-state index in [0.29, 0.717) is 12.6 Å². The fourth-order valence-electron chi connectivity index (χ4n) is 2.28. The summed E-state index contributed by atoms with van der Waals surface area (Å²) in [4.78, 5) is 23.6. The summed E-state index contributed by atoms with van der Waals surface area (Å²) in [5.41, 5.74) is 6.67. The Kier molecular flexibility index (Phi) is 8.72. The van der Waals surface area contributed by atoms with Crippen molar-refractivity contribution in [1.29, 1.82) is 0 Å². The third kappa shape index (κ3) is 6.55. The Morgan fingerprint density at radius 2 is 1.92 bits per heavy atom. The van der Waals surface area contributed by atoms with Crippen molar-refractivity contribution in [2.75, 3.05) is 6.54 Å². The highest BCUT2D eigenvalue weighted by Crippen LogP contribution is 2.27. The number of rotatable bonds is 8. The van der Waals surface area contributed by atoms with Crippen LogP contribution in [0.1, 0.15) is 38.7 Å². The van der Waals surface area contributed by atoms with Crippen LogP contribution in [0, 0.1) is 5.92 Å². The minimum Gasteiger partial charge on any atom is -0.490 e. The van der Waals surface area contributed by atoms with Crippen molar-refractivity contribution in [3.8, 4) is 5.75 Å². The van der Waals surface area contributed by atoms with Gasteiger partial charge in [0.15, 0.2) is 0 Å². The molecule has 1 atom stereocenters. The lowest BCUT2D eigenvalue weighted by atomic mass is 9.96. The van der Waals surface area contributed by atoms with Crippen LogP contribution in [0.15, 0.2) is 24.3 Å². The first kappa shape index (κ1) is 21.3. The molecule has 25 heavy (non-hydrogen) atoms. The fraction of sp³-hybridized carbons (Fsp3) is 0.556. The number of nitrogens with one attached hydrogen (secondary N) is 2. The summed E-state index contributed by atoms with van der Waals surface area (Å²) in [6.45, 7) is 4.02. The predicted octanol–water partition coefficient (Wildman–Crippen LogP) is 1.76. The van der Waals surface area contributed by atoms with E-state index in [2.05, 4.69) is 10.6 Å². The molecule has 2 rings (SSSR count). The molecule has 0 aromatic heterocycles. The summed E-state index contributed by atoms with van der Waals surface area (Å²) < 4.78 is 5.93. The van der Waals surface area contributed by atoms with Crippen molar-refractivity contribution in [2.24, 2.45) is 11.7 Å². The van der Waals surface area contributed by atoms with Gasteiger partial charge in [-0.3, -0.25) is 9.59 Å². The molecule has 1 fully saturated rings. The van der Waals surface area contributed by atoms with E-state index in [4.69, 9.17) is 10.5 Å². The molecule has 1 aromatic rings. The van der Waals surface area contributed by atoms with Gasteiger partial charge in [-0.2, -0.15) is 0 Å². The van der Waals surface area contributed by atoms with Crippen molar-refractivity contribution in [2.45, 2.75) is 51.8 Å². The van der Waals surface area contributed by atoms with Crippen LogP contribution >= 0.6 is 12.4 Å². The second-order valence-corrected chi connectivity index (χ2v) is 6.54. The second-order valence-electron chi connectivity index (χ2n) is 6.54. The van der Waals surface area contributed by atoms with Gasteiger partial charge in [-0.15, -0.1) is 12.4 Å². The molecule has 7 heteroatoms. The maximum Gasteiger partial charge on any atom is 0.239 e. The fourth-order valence-corrected chi connectivity index (χ4v) is 2.28. The highest BCUT2D eigenvalue weighted by atomic mass is 35.5. The molecular formula is C18H28ClN3O3. The summed E-state index contributed by atoms with van der Waals surface area (Å²) >= 11 is 0. The van der Waals surface area contributed by atoms with Gasteiger partial charge >= 0.3 is 0 Å². The molecule has 0 spiro atoms. The molecule has 1 saturated carbocycles. The number of amides is 2. The Morgan fingerprint density at radius 3 is 2.52 bits per heavy atom. The SMILES string of the molecule is CC(C)[C@H](N)C(=O)NCC(=O)NCc1ccccc1OC1CCC1.Cl. The van der Waals surface area contributed by atoms with Gasteiger partial charge in [-0.1, -0.05) is 32.0 Å². The monoisotopic (exact) mass is 369 g/mol. The first-order valence-electron chi connectivity index (χ1n) is 8.52. The molecule has 140 valence electrons. The summed E-state index contributed by atoms with van der Waals surface area (Å²) in [6.07, 6.45) is 3.67. The van der Waals surface area contributed by atoms with Gasteiger partial charge < -0.3 is 21.1 Å². The zero-order valence-corrected chi connectivity index (χ0v) is 15.6. The number of hydrogen-bond acceptors (Lipinski definition) is 4. The Bertz CT molecular complexity index is 576. The van der Waals surface area contributed by atoms with Gasteiger partial charge in [-0.25, -0.2) is 0 Å². The van der Waals surface area contributed by atoms with E-state index in [0.717, 1.165) is 24.2 Å². The summed E-state index contributed by atoms with van der Waals surface area (Å²) in [5, 5.41) is 5.36. The van der Waals surface area contributed by atoms with Gasteiger partial charge in [-0.05, 0) is 31.2 Å². The first-order chi connectivity index (χ1) is 11.5. The number of halogens is 1. The maximum absolute atomic E-state index is 11.9. The topological polar surface area (TPSA) is 93.5 Å². The highest BCUT2D eigenvalue weighted by molar-refractivity contribution is 5.87.